The first-order valence-electron chi connectivity index (χ1n) is 5.93. The van der Waals surface area contributed by atoms with Crippen molar-refractivity contribution in [3.05, 3.63) is 28.7 Å². The van der Waals surface area contributed by atoms with E-state index < -0.39 is 0 Å². The Hall–Kier alpha value is -0.0300. The fourth-order valence-corrected chi connectivity index (χ4v) is 2.89. The summed E-state index contributed by atoms with van der Waals surface area (Å²) in [5.41, 5.74) is 0.124. The minimum atomic E-state index is -0.0123. The third kappa shape index (κ3) is 4.62. The van der Waals surface area contributed by atoms with Crippen molar-refractivity contribution in [3.63, 3.8) is 0 Å². The lowest BCUT2D eigenvalue weighted by molar-refractivity contribution is -0.166. The van der Waals surface area contributed by atoms with Crippen molar-refractivity contribution in [1.82, 2.24) is 0 Å². The molecule has 0 N–H and O–H groups in total. The molecule has 1 aliphatic rings. The molecule has 1 aliphatic heterocycles. The monoisotopic (exact) mass is 316 g/mol. The molecular weight excluding hydrogens is 300 g/mol. The van der Waals surface area contributed by atoms with E-state index in [-0.39, 0.29) is 11.7 Å². The standard InChI is InChI=1S/C13H17BrO2S/c1-10(16-13-4-2-3-9-15-13)17-12-7-5-11(14)6-8-12/h5-8,10,13H,2-4,9H2,1H3. The minimum Gasteiger partial charge on any atom is -0.353 e. The first-order chi connectivity index (χ1) is 8.24. The molecule has 0 amide bonds. The molecule has 0 bridgehead atoms. The summed E-state index contributed by atoms with van der Waals surface area (Å²) in [4.78, 5) is 1.22. The van der Waals surface area contributed by atoms with Crippen LogP contribution < -0.4 is 0 Å². The molecule has 94 valence electrons. The van der Waals surface area contributed by atoms with Crippen LogP contribution in [-0.2, 0) is 9.47 Å². The molecule has 0 saturated carbocycles. The van der Waals surface area contributed by atoms with Crippen LogP contribution in [0.5, 0.6) is 0 Å². The topological polar surface area (TPSA) is 18.5 Å². The van der Waals surface area contributed by atoms with E-state index >= 15 is 0 Å². The molecule has 0 spiro atoms. The fourth-order valence-electron chi connectivity index (χ4n) is 1.76. The lowest BCUT2D eigenvalue weighted by Gasteiger charge is -2.25. The highest BCUT2D eigenvalue weighted by molar-refractivity contribution is 9.10. The molecule has 1 aromatic rings. The quantitative estimate of drug-likeness (QED) is 0.604. The van der Waals surface area contributed by atoms with E-state index in [1.165, 1.54) is 11.3 Å². The van der Waals surface area contributed by atoms with Gasteiger partial charge in [0.15, 0.2) is 6.29 Å². The van der Waals surface area contributed by atoms with Crippen molar-refractivity contribution in [2.24, 2.45) is 0 Å². The Morgan fingerprint density at radius 1 is 1.35 bits per heavy atom. The van der Waals surface area contributed by atoms with Gasteiger partial charge in [0.25, 0.3) is 0 Å². The Kier molecular flexibility index (Phi) is 5.35. The predicted octanol–water partition coefficient (Wildman–Crippen LogP) is 4.43. The van der Waals surface area contributed by atoms with E-state index in [0.717, 1.165) is 23.9 Å². The highest BCUT2D eigenvalue weighted by atomic mass is 79.9. The van der Waals surface area contributed by atoms with E-state index in [4.69, 9.17) is 9.47 Å². The molecule has 2 rings (SSSR count). The van der Waals surface area contributed by atoms with Gasteiger partial charge in [0.05, 0.1) is 0 Å². The van der Waals surface area contributed by atoms with Crippen LogP contribution in [-0.4, -0.2) is 18.3 Å². The van der Waals surface area contributed by atoms with Gasteiger partial charge in [-0.1, -0.05) is 27.7 Å². The zero-order valence-corrected chi connectivity index (χ0v) is 12.3. The Bertz CT molecular complexity index is 336. The number of rotatable bonds is 4. The van der Waals surface area contributed by atoms with Gasteiger partial charge < -0.3 is 9.47 Å². The molecule has 0 aliphatic carbocycles. The first-order valence-corrected chi connectivity index (χ1v) is 7.60. The van der Waals surface area contributed by atoms with E-state index in [2.05, 4.69) is 35.0 Å². The van der Waals surface area contributed by atoms with E-state index in [1.807, 2.05) is 12.1 Å². The molecule has 1 aromatic carbocycles. The summed E-state index contributed by atoms with van der Waals surface area (Å²) in [6.07, 6.45) is 3.38. The summed E-state index contributed by atoms with van der Waals surface area (Å²) in [6.45, 7) is 2.91. The van der Waals surface area contributed by atoms with Crippen LogP contribution in [0.25, 0.3) is 0 Å². The third-order valence-corrected chi connectivity index (χ3v) is 4.11. The third-order valence-electron chi connectivity index (χ3n) is 2.60. The van der Waals surface area contributed by atoms with Crippen LogP contribution in [0.15, 0.2) is 33.6 Å². The van der Waals surface area contributed by atoms with Gasteiger partial charge in [0.2, 0.25) is 0 Å². The predicted molar refractivity (Wildman–Crippen MR) is 74.1 cm³/mol. The van der Waals surface area contributed by atoms with E-state index in [9.17, 15) is 0 Å². The maximum absolute atomic E-state index is 5.85. The van der Waals surface area contributed by atoms with E-state index in [0.29, 0.717) is 0 Å². The van der Waals surface area contributed by atoms with Crippen molar-refractivity contribution in [3.8, 4) is 0 Å². The van der Waals surface area contributed by atoms with Crippen LogP contribution >= 0.6 is 27.7 Å². The minimum absolute atomic E-state index is 0.0123. The average Bonchev–Trinajstić information content (AvgIpc) is 2.33. The molecule has 17 heavy (non-hydrogen) atoms. The lowest BCUT2D eigenvalue weighted by atomic mass is 10.2. The van der Waals surface area contributed by atoms with Crippen LogP contribution in [0.3, 0.4) is 0 Å². The molecule has 1 fully saturated rings. The first kappa shape index (κ1) is 13.4. The molecular formula is C13H17BrO2S. The van der Waals surface area contributed by atoms with Crippen LogP contribution in [0.4, 0.5) is 0 Å². The van der Waals surface area contributed by atoms with Crippen molar-refractivity contribution < 1.29 is 9.47 Å². The number of benzene rings is 1. The highest BCUT2D eigenvalue weighted by Crippen LogP contribution is 2.27. The number of ether oxygens (including phenoxy) is 2. The van der Waals surface area contributed by atoms with Crippen molar-refractivity contribution >= 4 is 27.7 Å². The number of hydrogen-bond donors (Lipinski definition) is 0. The largest absolute Gasteiger partial charge is 0.353 e. The van der Waals surface area contributed by atoms with Gasteiger partial charge in [-0.25, -0.2) is 0 Å². The molecule has 1 heterocycles. The smallest absolute Gasteiger partial charge is 0.159 e. The van der Waals surface area contributed by atoms with Crippen LogP contribution in [0, 0.1) is 0 Å². The van der Waals surface area contributed by atoms with E-state index in [1.54, 1.807) is 11.8 Å². The van der Waals surface area contributed by atoms with Crippen molar-refractivity contribution in [2.75, 3.05) is 6.61 Å². The second-order valence-electron chi connectivity index (χ2n) is 4.07. The second-order valence-corrected chi connectivity index (χ2v) is 6.36. The summed E-state index contributed by atoms with van der Waals surface area (Å²) in [6, 6.07) is 8.28. The lowest BCUT2D eigenvalue weighted by Crippen LogP contribution is -2.25. The van der Waals surface area contributed by atoms with Crippen LogP contribution in [0.1, 0.15) is 26.2 Å². The number of thioether (sulfide) groups is 1. The van der Waals surface area contributed by atoms with Gasteiger partial charge in [-0.15, -0.1) is 0 Å². The second kappa shape index (κ2) is 6.78. The molecule has 0 radical (unpaired) electrons. The SMILES string of the molecule is CC(OC1CCCCO1)Sc1ccc(Br)cc1. The van der Waals surface area contributed by atoms with Crippen molar-refractivity contribution in [1.29, 1.82) is 0 Å². The number of halogens is 1. The Balaban J connectivity index is 1.79. The maximum Gasteiger partial charge on any atom is 0.159 e. The zero-order chi connectivity index (χ0) is 12.1. The maximum atomic E-state index is 5.85. The molecule has 4 heteroatoms. The van der Waals surface area contributed by atoms with Crippen LogP contribution in [0.2, 0.25) is 0 Å². The number of hydrogen-bond acceptors (Lipinski definition) is 3. The summed E-state index contributed by atoms with van der Waals surface area (Å²) in [7, 11) is 0. The Morgan fingerprint density at radius 3 is 2.76 bits per heavy atom. The van der Waals surface area contributed by atoms with Gasteiger partial charge in [-0.3, -0.25) is 0 Å². The fraction of sp³-hybridized carbons (Fsp3) is 0.538. The molecule has 1 saturated heterocycles. The normalized spacial score (nSPS) is 22.4. The molecule has 2 atom stereocenters. The summed E-state index contributed by atoms with van der Waals surface area (Å²) >= 11 is 5.15. The van der Waals surface area contributed by atoms with Gasteiger partial charge in [-0.2, -0.15) is 0 Å². The zero-order valence-electron chi connectivity index (χ0n) is 9.90. The summed E-state index contributed by atoms with van der Waals surface area (Å²) in [5.74, 6) is 0. The average molecular weight is 317 g/mol. The molecule has 0 aromatic heterocycles. The Labute approximate surface area is 115 Å². The van der Waals surface area contributed by atoms with Gasteiger partial charge in [-0.05, 0) is 50.5 Å². The summed E-state index contributed by atoms with van der Waals surface area (Å²) < 4.78 is 12.5. The summed E-state index contributed by atoms with van der Waals surface area (Å²) in [5, 5.41) is 0. The van der Waals surface area contributed by atoms with Gasteiger partial charge in [0, 0.05) is 16.0 Å². The molecule has 2 nitrogen and oxygen atoms in total. The van der Waals surface area contributed by atoms with Gasteiger partial charge >= 0.3 is 0 Å². The Morgan fingerprint density at radius 2 is 2.12 bits per heavy atom. The van der Waals surface area contributed by atoms with Gasteiger partial charge in [0.1, 0.15) is 5.44 Å². The highest BCUT2D eigenvalue weighted by Gasteiger charge is 2.17. The van der Waals surface area contributed by atoms with Crippen molar-refractivity contribution in [2.45, 2.75) is 42.8 Å². The molecule has 2 unspecified atom stereocenters.